The number of hydrogen-bond acceptors (Lipinski definition) is 0. The highest BCUT2D eigenvalue weighted by molar-refractivity contribution is 5.50. The molecule has 8 fully saturated rings. The Balaban J connectivity index is 0.919. The van der Waals surface area contributed by atoms with E-state index in [4.69, 9.17) is 0 Å². The lowest BCUT2D eigenvalue weighted by Gasteiger charge is -2.76. The van der Waals surface area contributed by atoms with Gasteiger partial charge in [0.25, 0.3) is 0 Å². The molecule has 6 aromatic rings. The van der Waals surface area contributed by atoms with Crippen LogP contribution < -0.4 is 0 Å². The molecule has 0 radical (unpaired) electrons. The third-order valence-corrected chi connectivity index (χ3v) is 17.1. The standard InChI is InChI=1S/C62H54/c1-4-10-46(11-5-1)16-19-49-22-28-55(29-23-49)58-35-52-34-53(36-58)40-61(39-52,43-58)62-41-54-37-59(44-62,56-30-24-50(25-31-56)20-17-47-12-6-2-7-13-47)42-60(38-54,45-62)57-32-26-51(27-33-57)21-18-48-14-8-3-9-15-48/h1-15,22-33,52-54H,34-45H2. The molecule has 302 valence electrons. The van der Waals surface area contributed by atoms with E-state index in [-0.39, 0.29) is 16.2 Å². The molecule has 14 rings (SSSR count). The lowest BCUT2D eigenvalue weighted by atomic mass is 9.28. The van der Waals surface area contributed by atoms with Gasteiger partial charge in [-0.25, -0.2) is 0 Å². The van der Waals surface area contributed by atoms with E-state index >= 15 is 0 Å². The lowest BCUT2D eigenvalue weighted by Crippen LogP contribution is -2.68. The van der Waals surface area contributed by atoms with Gasteiger partial charge in [0, 0.05) is 33.4 Å². The second-order valence-electron chi connectivity index (χ2n) is 21.0. The predicted octanol–water partition coefficient (Wildman–Crippen LogP) is 13.6. The van der Waals surface area contributed by atoms with Crippen molar-refractivity contribution in [1.82, 2.24) is 0 Å². The van der Waals surface area contributed by atoms with Crippen LogP contribution in [0.5, 0.6) is 0 Å². The maximum Gasteiger partial charge on any atom is 0.0249 e. The van der Waals surface area contributed by atoms with Crippen LogP contribution in [0.25, 0.3) is 0 Å². The molecular weight excluding hydrogens is 745 g/mol. The first kappa shape index (κ1) is 37.7. The van der Waals surface area contributed by atoms with Gasteiger partial charge in [0.1, 0.15) is 0 Å². The summed E-state index contributed by atoms with van der Waals surface area (Å²) in [4.78, 5) is 0. The molecule has 8 saturated carbocycles. The van der Waals surface area contributed by atoms with Gasteiger partial charge in [0.05, 0.1) is 0 Å². The van der Waals surface area contributed by atoms with E-state index < -0.39 is 0 Å². The van der Waals surface area contributed by atoms with Gasteiger partial charge in [-0.3, -0.25) is 0 Å². The number of rotatable bonds is 4. The highest BCUT2D eigenvalue weighted by atomic mass is 14.8. The molecule has 4 unspecified atom stereocenters. The predicted molar refractivity (Wildman–Crippen MR) is 252 cm³/mol. The molecule has 0 spiro atoms. The molecule has 8 aliphatic carbocycles. The molecule has 0 amide bonds. The van der Waals surface area contributed by atoms with Gasteiger partial charge in [0.2, 0.25) is 0 Å². The third-order valence-electron chi connectivity index (χ3n) is 17.1. The van der Waals surface area contributed by atoms with Crippen molar-refractivity contribution < 1.29 is 0 Å². The molecule has 8 aliphatic rings. The van der Waals surface area contributed by atoms with E-state index in [0.717, 1.165) is 51.1 Å². The van der Waals surface area contributed by atoms with Gasteiger partial charge in [0.15, 0.2) is 0 Å². The van der Waals surface area contributed by atoms with Crippen LogP contribution in [-0.4, -0.2) is 0 Å². The van der Waals surface area contributed by atoms with Crippen molar-refractivity contribution in [3.8, 4) is 35.5 Å². The van der Waals surface area contributed by atoms with Crippen LogP contribution in [0.4, 0.5) is 0 Å². The summed E-state index contributed by atoms with van der Waals surface area (Å²) in [6.45, 7) is 0. The zero-order chi connectivity index (χ0) is 41.2. The van der Waals surface area contributed by atoms with Gasteiger partial charge < -0.3 is 0 Å². The SMILES string of the molecule is C(#Cc1ccc(C23CC4CC(C2)CC(C25CC6CC(c7ccc(C#Cc8ccccc8)cc7)(CC(c7ccc(C#Cc8ccccc8)cc7)(C6)C2)C5)(C4)C3)cc1)c1ccccc1. The summed E-state index contributed by atoms with van der Waals surface area (Å²) >= 11 is 0. The fourth-order valence-corrected chi connectivity index (χ4v) is 15.6. The fraction of sp³-hybridized carbons (Fsp3) is 0.323. The van der Waals surface area contributed by atoms with Crippen LogP contribution >= 0.6 is 0 Å². The lowest BCUT2D eigenvalue weighted by molar-refractivity contribution is -0.218. The Hall–Kier alpha value is -6.00. The van der Waals surface area contributed by atoms with Gasteiger partial charge in [-0.15, -0.1) is 0 Å². The van der Waals surface area contributed by atoms with Crippen molar-refractivity contribution in [1.29, 1.82) is 0 Å². The molecule has 0 heteroatoms. The first-order valence-corrected chi connectivity index (χ1v) is 23.4. The van der Waals surface area contributed by atoms with Crippen LogP contribution in [0.3, 0.4) is 0 Å². The smallest absolute Gasteiger partial charge is 0.0249 e. The largest absolute Gasteiger partial charge is 0.0622 e. The molecule has 0 aromatic heterocycles. The highest BCUT2D eigenvalue weighted by Crippen LogP contribution is 2.80. The molecule has 0 heterocycles. The second-order valence-corrected chi connectivity index (χ2v) is 21.0. The van der Waals surface area contributed by atoms with Crippen LogP contribution in [0.15, 0.2) is 164 Å². The Bertz CT molecular complexity index is 2680. The van der Waals surface area contributed by atoms with Crippen molar-refractivity contribution in [2.45, 2.75) is 93.3 Å². The topological polar surface area (TPSA) is 0 Å². The molecule has 8 bridgehead atoms. The quantitative estimate of drug-likeness (QED) is 0.156. The molecule has 0 aliphatic heterocycles. The van der Waals surface area contributed by atoms with E-state index in [2.05, 4.69) is 199 Å². The van der Waals surface area contributed by atoms with E-state index in [9.17, 15) is 0 Å². The average molecular weight is 799 g/mol. The van der Waals surface area contributed by atoms with E-state index in [1.54, 1.807) is 16.7 Å². The zero-order valence-corrected chi connectivity index (χ0v) is 35.8. The zero-order valence-electron chi connectivity index (χ0n) is 35.8. The summed E-state index contributed by atoms with van der Waals surface area (Å²) in [5, 5.41) is 0. The molecule has 0 N–H and O–H groups in total. The normalized spacial score (nSPS) is 31.8. The van der Waals surface area contributed by atoms with Crippen LogP contribution in [0, 0.1) is 64.1 Å². The van der Waals surface area contributed by atoms with Crippen LogP contribution in [0.2, 0.25) is 0 Å². The monoisotopic (exact) mass is 798 g/mol. The molecule has 0 nitrogen and oxygen atoms in total. The Labute approximate surface area is 369 Å². The Morgan fingerprint density at radius 1 is 0.274 bits per heavy atom. The summed E-state index contributed by atoms with van der Waals surface area (Å²) in [5.74, 6) is 23.1. The van der Waals surface area contributed by atoms with Crippen molar-refractivity contribution in [2.24, 2.45) is 28.6 Å². The summed E-state index contributed by atoms with van der Waals surface area (Å²) in [6.07, 6.45) is 16.4. The summed E-state index contributed by atoms with van der Waals surface area (Å²) < 4.78 is 0. The van der Waals surface area contributed by atoms with Gasteiger partial charge in [-0.2, -0.15) is 0 Å². The number of hydrogen-bond donors (Lipinski definition) is 0. The van der Waals surface area contributed by atoms with Crippen molar-refractivity contribution in [3.05, 3.63) is 214 Å². The summed E-state index contributed by atoms with van der Waals surface area (Å²) in [7, 11) is 0. The minimum absolute atomic E-state index is 0.173. The molecule has 6 aromatic carbocycles. The molecule has 62 heavy (non-hydrogen) atoms. The van der Waals surface area contributed by atoms with Crippen molar-refractivity contribution in [2.75, 3.05) is 0 Å². The van der Waals surface area contributed by atoms with E-state index in [1.165, 1.54) is 77.0 Å². The minimum atomic E-state index is 0.173. The average Bonchev–Trinajstić information content (AvgIpc) is 3.30. The first-order valence-electron chi connectivity index (χ1n) is 23.4. The van der Waals surface area contributed by atoms with Crippen LogP contribution in [-0.2, 0) is 16.2 Å². The van der Waals surface area contributed by atoms with E-state index in [1.807, 2.05) is 0 Å². The maximum absolute atomic E-state index is 3.49. The van der Waals surface area contributed by atoms with Crippen molar-refractivity contribution in [3.63, 3.8) is 0 Å². The summed E-state index contributed by atoms with van der Waals surface area (Å²) in [6, 6.07) is 60.1. The maximum atomic E-state index is 3.49. The Kier molecular flexibility index (Phi) is 8.85. The summed E-state index contributed by atoms with van der Waals surface area (Å²) in [5.41, 5.74) is 12.6. The minimum Gasteiger partial charge on any atom is -0.0622 e. The van der Waals surface area contributed by atoms with Crippen molar-refractivity contribution >= 4 is 0 Å². The Morgan fingerprint density at radius 2 is 0.581 bits per heavy atom. The number of benzene rings is 6. The molecule has 0 saturated heterocycles. The van der Waals surface area contributed by atoms with Crippen LogP contribution in [0.1, 0.15) is 127 Å². The fourth-order valence-electron chi connectivity index (χ4n) is 15.6. The van der Waals surface area contributed by atoms with Gasteiger partial charge in [-0.1, -0.05) is 127 Å². The van der Waals surface area contributed by atoms with Gasteiger partial charge in [-0.05, 0) is 211 Å². The van der Waals surface area contributed by atoms with Gasteiger partial charge >= 0.3 is 0 Å². The highest BCUT2D eigenvalue weighted by Gasteiger charge is 2.72. The van der Waals surface area contributed by atoms with E-state index in [0.29, 0.717) is 10.8 Å². The molecule has 4 atom stereocenters. The second kappa shape index (κ2) is 14.5. The first-order chi connectivity index (χ1) is 30.4. The third kappa shape index (κ3) is 6.48. The molecular formula is C62H54. The Morgan fingerprint density at radius 3 is 0.968 bits per heavy atom.